The van der Waals surface area contributed by atoms with Crippen molar-refractivity contribution in [2.45, 2.75) is 105 Å². The van der Waals surface area contributed by atoms with Gasteiger partial charge in [0.05, 0.1) is 0 Å². The van der Waals surface area contributed by atoms with Crippen LogP contribution in [-0.2, 0) is 9.47 Å². The number of ether oxygens (including phenoxy) is 2. The first kappa shape index (κ1) is 40.2. The monoisotopic (exact) mass is 626 g/mol. The van der Waals surface area contributed by atoms with Gasteiger partial charge in [0.25, 0.3) is 0 Å². The molecule has 1 N–H and O–H groups in total. The van der Waals surface area contributed by atoms with Gasteiger partial charge in [-0.15, -0.1) is 11.4 Å². The summed E-state index contributed by atoms with van der Waals surface area (Å²) < 4.78 is 9.89. The van der Waals surface area contributed by atoms with Crippen molar-refractivity contribution in [3.8, 4) is 0 Å². The van der Waals surface area contributed by atoms with Gasteiger partial charge in [-0.3, -0.25) is 0 Å². The van der Waals surface area contributed by atoms with E-state index in [1.54, 1.807) is 0 Å². The zero-order chi connectivity index (χ0) is 31.6. The van der Waals surface area contributed by atoms with E-state index in [1.807, 2.05) is 0 Å². The van der Waals surface area contributed by atoms with Crippen LogP contribution in [0.3, 0.4) is 0 Å². The van der Waals surface area contributed by atoms with E-state index in [-0.39, 0.29) is 23.1 Å². The molecule has 2 fully saturated rings. The summed E-state index contributed by atoms with van der Waals surface area (Å²) in [4.78, 5) is 5.06. The van der Waals surface area contributed by atoms with Crippen molar-refractivity contribution in [2.24, 2.45) is 0 Å². The van der Waals surface area contributed by atoms with Crippen LogP contribution in [-0.4, -0.2) is 59.2 Å². The largest absolute Gasteiger partial charge is 2.00 e. The Kier molecular flexibility index (Phi) is 20.7. The van der Waals surface area contributed by atoms with Crippen LogP contribution in [0.4, 0.5) is 11.4 Å². The van der Waals surface area contributed by atoms with E-state index < -0.39 is 9.68 Å². The van der Waals surface area contributed by atoms with Crippen LogP contribution in [0.5, 0.6) is 0 Å². The fraction of sp³-hybridized carbons (Fsp3) is 0.526. The number of hydrogen-bond donors (Lipinski definition) is 0. The van der Waals surface area contributed by atoms with Gasteiger partial charge in [0.15, 0.2) is 0 Å². The van der Waals surface area contributed by atoms with Crippen molar-refractivity contribution in [2.75, 3.05) is 26.4 Å². The van der Waals surface area contributed by atoms with Gasteiger partial charge in [-0.1, -0.05) is 150 Å². The molecule has 3 aromatic rings. The predicted octanol–water partition coefficient (Wildman–Crippen LogP) is 10.2. The average Bonchev–Trinajstić information content (AvgIpc) is 3.77. The number of benzene rings is 3. The van der Waals surface area contributed by atoms with Gasteiger partial charge in [0.1, 0.15) is 0 Å². The zero-order valence-corrected chi connectivity index (χ0v) is 31.8. The minimum atomic E-state index is -0.591. The van der Waals surface area contributed by atoms with Gasteiger partial charge in [-0.2, -0.15) is 0 Å². The normalized spacial score (nSPS) is 14.1. The first-order valence-corrected chi connectivity index (χ1v) is 17.8. The molecule has 4 nitrogen and oxygen atoms in total. The predicted molar refractivity (Wildman–Crippen MR) is 197 cm³/mol. The minimum absolute atomic E-state index is 0. The van der Waals surface area contributed by atoms with Gasteiger partial charge in [-0.25, -0.2) is 0 Å². The van der Waals surface area contributed by atoms with E-state index >= 15 is 0 Å². The van der Waals surface area contributed by atoms with Gasteiger partial charge >= 0.3 is 23.1 Å². The van der Waals surface area contributed by atoms with Crippen LogP contribution in [0.25, 0.3) is 10.7 Å². The summed E-state index contributed by atoms with van der Waals surface area (Å²) in [5.74, 6) is 1.95. The van der Waals surface area contributed by atoms with E-state index in [9.17, 15) is 0 Å². The maximum absolute atomic E-state index is 8.01. The molecule has 0 radical (unpaired) electrons. The third kappa shape index (κ3) is 14.5. The summed E-state index contributed by atoms with van der Waals surface area (Å²) in [5, 5.41) is 1.40. The summed E-state index contributed by atoms with van der Waals surface area (Å²) in [5.41, 5.74) is 15.1. The molecular formula is C38H58MgN2O2Si. The molecule has 0 amide bonds. The van der Waals surface area contributed by atoms with Crippen LogP contribution in [0, 0.1) is 0 Å². The molecule has 2 aliphatic rings. The molecule has 5 rings (SSSR count). The van der Waals surface area contributed by atoms with E-state index in [0.717, 1.165) is 43.2 Å². The van der Waals surface area contributed by atoms with E-state index in [2.05, 4.69) is 122 Å². The van der Waals surface area contributed by atoms with Crippen LogP contribution in [0.2, 0.25) is 0 Å². The SMILES string of the molecule is C1CCOC1.C1CCOC1.CC(C)c1cccc(C(C)C)c1[N-][SiH2]c1ccccc1.CC(C)c1cccc(C(C)C)c1[NH-].[Mg+2]. The molecule has 0 spiro atoms. The molecule has 2 aliphatic heterocycles. The Morgan fingerprint density at radius 3 is 1.23 bits per heavy atom. The molecule has 2 saturated heterocycles. The zero-order valence-electron chi connectivity index (χ0n) is 29.0. The van der Waals surface area contributed by atoms with Crippen LogP contribution in [0.15, 0.2) is 66.7 Å². The number of rotatable bonds is 7. The standard InChI is InChI=1S/C18H24NSi.C12H18N.2C4H8O.Mg/c1-13(2)16-11-8-12-17(14(3)4)18(16)19-20-15-9-6-5-7-10-15;1-8(2)10-6-5-7-11(9(3)4)12(10)13;2*1-2-4-5-3-1;/h5-14H,20H2,1-4H3;5-9,13H,1-4H3;2*1-4H2;/q2*-1;;;+2. The number of hydrogen-bond acceptors (Lipinski definition) is 2. The van der Waals surface area contributed by atoms with E-state index in [0.29, 0.717) is 23.7 Å². The smallest absolute Gasteiger partial charge is 0.698 e. The molecule has 0 atom stereocenters. The molecule has 0 bridgehead atoms. The summed E-state index contributed by atoms with van der Waals surface area (Å²) in [6.07, 6.45) is 5.11. The quantitative estimate of drug-likeness (QED) is 0.245. The van der Waals surface area contributed by atoms with Crippen LogP contribution in [0.1, 0.15) is 127 Å². The van der Waals surface area contributed by atoms with Crippen molar-refractivity contribution < 1.29 is 9.47 Å². The second-order valence-corrected chi connectivity index (χ2v) is 14.1. The summed E-state index contributed by atoms with van der Waals surface area (Å²) in [6, 6.07) is 23.5. The second kappa shape index (κ2) is 22.6. The average molecular weight is 627 g/mol. The van der Waals surface area contributed by atoms with E-state index in [4.69, 9.17) is 20.2 Å². The van der Waals surface area contributed by atoms with Crippen molar-refractivity contribution in [1.82, 2.24) is 0 Å². The molecule has 44 heavy (non-hydrogen) atoms. The Labute approximate surface area is 288 Å². The molecule has 3 aromatic carbocycles. The molecule has 238 valence electrons. The first-order valence-electron chi connectivity index (χ1n) is 16.5. The van der Waals surface area contributed by atoms with Crippen LogP contribution >= 0.6 is 0 Å². The Hall–Kier alpha value is -1.84. The van der Waals surface area contributed by atoms with E-state index in [1.165, 1.54) is 47.7 Å². The third-order valence-electron chi connectivity index (χ3n) is 7.63. The first-order chi connectivity index (χ1) is 20.6. The maximum atomic E-state index is 8.01. The second-order valence-electron chi connectivity index (χ2n) is 12.7. The number of nitrogens with one attached hydrogen (secondary N) is 1. The van der Waals surface area contributed by atoms with Crippen molar-refractivity contribution in [1.29, 1.82) is 0 Å². The molecule has 0 aliphatic carbocycles. The fourth-order valence-electron chi connectivity index (χ4n) is 5.02. The maximum Gasteiger partial charge on any atom is 2.00 e. The Morgan fingerprint density at radius 1 is 0.545 bits per heavy atom. The Balaban J connectivity index is 0.000000341. The molecular weight excluding hydrogens is 569 g/mol. The van der Waals surface area contributed by atoms with Gasteiger partial charge in [0.2, 0.25) is 0 Å². The Bertz CT molecular complexity index is 1080. The molecule has 0 aromatic heterocycles. The molecule has 0 saturated carbocycles. The molecule has 0 unspecified atom stereocenters. The Morgan fingerprint density at radius 2 is 0.909 bits per heavy atom. The summed E-state index contributed by atoms with van der Waals surface area (Å²) in [6.45, 7) is 21.6. The topological polar surface area (TPSA) is 56.4 Å². The molecule has 2 heterocycles. The summed E-state index contributed by atoms with van der Waals surface area (Å²) >= 11 is 0. The summed E-state index contributed by atoms with van der Waals surface area (Å²) in [7, 11) is -0.591. The third-order valence-corrected chi connectivity index (χ3v) is 8.94. The van der Waals surface area contributed by atoms with Gasteiger partial charge < -0.3 is 20.2 Å². The van der Waals surface area contributed by atoms with Crippen LogP contribution < -0.4 is 5.19 Å². The fourth-order valence-corrected chi connectivity index (χ4v) is 6.21. The van der Waals surface area contributed by atoms with Gasteiger partial charge in [0, 0.05) is 26.4 Å². The molecule has 6 heteroatoms. The van der Waals surface area contributed by atoms with Crippen molar-refractivity contribution in [3.05, 3.63) is 99.7 Å². The minimum Gasteiger partial charge on any atom is -0.698 e. The number of nitrogens with zero attached hydrogens (tertiary/aromatic N) is 1. The van der Waals surface area contributed by atoms with Crippen molar-refractivity contribution in [3.63, 3.8) is 0 Å². The van der Waals surface area contributed by atoms with Gasteiger partial charge in [-0.05, 0) is 59.0 Å². The van der Waals surface area contributed by atoms with Crippen molar-refractivity contribution >= 4 is 49.3 Å².